The molecule has 0 aliphatic carbocycles. The fourth-order valence-corrected chi connectivity index (χ4v) is 4.15. The third kappa shape index (κ3) is 5.84. The van der Waals surface area contributed by atoms with Crippen molar-refractivity contribution in [3.8, 4) is 0 Å². The maximum absolute atomic E-state index is 11.4. The van der Waals surface area contributed by atoms with Gasteiger partial charge >= 0.3 is 0 Å². The van der Waals surface area contributed by atoms with Crippen LogP contribution in [-0.2, 0) is 14.6 Å². The molecule has 2 atom stereocenters. The van der Waals surface area contributed by atoms with Gasteiger partial charge in [0.05, 0.1) is 24.2 Å². The van der Waals surface area contributed by atoms with Crippen LogP contribution in [0.25, 0.3) is 0 Å². The maximum Gasteiger partial charge on any atom is 0.150 e. The van der Waals surface area contributed by atoms with Gasteiger partial charge in [-0.15, -0.1) is 0 Å². The number of sulfone groups is 1. The molecular formula is C12H25NO3S. The number of hydrogen-bond donors (Lipinski definition) is 1. The summed E-state index contributed by atoms with van der Waals surface area (Å²) >= 11 is 0. The fraction of sp³-hybridized carbons (Fsp3) is 1.00. The van der Waals surface area contributed by atoms with Crippen molar-refractivity contribution in [2.24, 2.45) is 5.92 Å². The van der Waals surface area contributed by atoms with Crippen molar-refractivity contribution in [1.82, 2.24) is 5.32 Å². The number of rotatable bonds is 7. The summed E-state index contributed by atoms with van der Waals surface area (Å²) in [6, 6.07) is 0.278. The van der Waals surface area contributed by atoms with E-state index in [2.05, 4.69) is 12.2 Å². The molecule has 4 nitrogen and oxygen atoms in total. The maximum atomic E-state index is 11.4. The van der Waals surface area contributed by atoms with E-state index in [0.29, 0.717) is 24.0 Å². The first kappa shape index (κ1) is 14.9. The molecule has 102 valence electrons. The number of nitrogens with one attached hydrogen (secondary N) is 1. The molecule has 0 spiro atoms. The summed E-state index contributed by atoms with van der Waals surface area (Å²) in [7, 11) is -2.76. The van der Waals surface area contributed by atoms with Crippen LogP contribution in [0.15, 0.2) is 0 Å². The van der Waals surface area contributed by atoms with Gasteiger partial charge in [0, 0.05) is 6.04 Å². The predicted molar refractivity (Wildman–Crippen MR) is 69.9 cm³/mol. The lowest BCUT2D eigenvalue weighted by Crippen LogP contribution is -2.36. The molecule has 1 aliphatic rings. The Hall–Kier alpha value is -0.130. The third-order valence-corrected chi connectivity index (χ3v) is 4.91. The number of ether oxygens (including phenoxy) is 1. The number of hydrogen-bond acceptors (Lipinski definition) is 4. The van der Waals surface area contributed by atoms with Crippen molar-refractivity contribution in [3.05, 3.63) is 0 Å². The molecule has 1 heterocycles. The summed E-state index contributed by atoms with van der Waals surface area (Å²) in [5, 5.41) is 3.37. The van der Waals surface area contributed by atoms with Crippen LogP contribution in [0.2, 0.25) is 0 Å². The molecule has 1 rings (SSSR count). The molecule has 2 unspecified atom stereocenters. The first-order valence-electron chi connectivity index (χ1n) is 6.48. The van der Waals surface area contributed by atoms with E-state index in [1.807, 2.05) is 13.8 Å². The Labute approximate surface area is 105 Å². The minimum Gasteiger partial charge on any atom is -0.377 e. The summed E-state index contributed by atoms with van der Waals surface area (Å²) in [5.41, 5.74) is 0. The van der Waals surface area contributed by atoms with Gasteiger partial charge in [0.2, 0.25) is 0 Å². The zero-order valence-electron chi connectivity index (χ0n) is 11.1. The lowest BCUT2D eigenvalue weighted by molar-refractivity contribution is 0.0570. The Bertz CT molecular complexity index is 314. The van der Waals surface area contributed by atoms with Gasteiger partial charge in [-0.1, -0.05) is 6.92 Å². The summed E-state index contributed by atoms with van der Waals surface area (Å²) in [6.07, 6.45) is 1.94. The van der Waals surface area contributed by atoms with Crippen LogP contribution in [0.3, 0.4) is 0 Å². The fourth-order valence-electron chi connectivity index (χ4n) is 2.27. The van der Waals surface area contributed by atoms with Gasteiger partial charge < -0.3 is 10.1 Å². The first-order valence-corrected chi connectivity index (χ1v) is 8.30. The van der Waals surface area contributed by atoms with Gasteiger partial charge in [0.15, 0.2) is 9.84 Å². The van der Waals surface area contributed by atoms with Crippen molar-refractivity contribution < 1.29 is 13.2 Å². The van der Waals surface area contributed by atoms with E-state index in [1.165, 1.54) is 0 Å². The van der Waals surface area contributed by atoms with E-state index in [1.54, 1.807) is 0 Å². The summed E-state index contributed by atoms with van der Waals surface area (Å²) < 4.78 is 28.4. The summed E-state index contributed by atoms with van der Waals surface area (Å²) in [6.45, 7) is 7.66. The lowest BCUT2D eigenvalue weighted by Gasteiger charge is -2.22. The van der Waals surface area contributed by atoms with Crippen molar-refractivity contribution >= 4 is 9.84 Å². The second kappa shape index (κ2) is 6.71. The van der Waals surface area contributed by atoms with Crippen LogP contribution >= 0.6 is 0 Å². The summed E-state index contributed by atoms with van der Waals surface area (Å²) in [5.74, 6) is 1.03. The summed E-state index contributed by atoms with van der Waals surface area (Å²) in [4.78, 5) is 0. The molecule has 0 saturated carbocycles. The van der Waals surface area contributed by atoms with Crippen LogP contribution in [0.5, 0.6) is 0 Å². The van der Waals surface area contributed by atoms with Crippen molar-refractivity contribution in [2.75, 3.05) is 24.7 Å². The Balaban J connectivity index is 2.38. The van der Waals surface area contributed by atoms with Crippen LogP contribution in [0, 0.1) is 5.92 Å². The zero-order chi connectivity index (χ0) is 12.9. The lowest BCUT2D eigenvalue weighted by atomic mass is 10.00. The Morgan fingerprint density at radius 3 is 2.59 bits per heavy atom. The van der Waals surface area contributed by atoms with Crippen molar-refractivity contribution in [3.63, 3.8) is 0 Å². The third-order valence-electron chi connectivity index (χ3n) is 3.07. The highest BCUT2D eigenvalue weighted by Crippen LogP contribution is 2.23. The topological polar surface area (TPSA) is 55.4 Å². The number of likely N-dealkylation sites (N-methyl/N-ethyl adjacent to an activating group) is 1. The molecule has 1 aliphatic heterocycles. The van der Waals surface area contributed by atoms with E-state index < -0.39 is 9.84 Å². The monoisotopic (exact) mass is 263 g/mol. The SMILES string of the molecule is CCNC(COC(C)C)CC1CCS(=O)(=O)C1. The highest BCUT2D eigenvalue weighted by molar-refractivity contribution is 7.91. The van der Waals surface area contributed by atoms with E-state index in [9.17, 15) is 8.42 Å². The molecular weight excluding hydrogens is 238 g/mol. The molecule has 0 amide bonds. The van der Waals surface area contributed by atoms with Gasteiger partial charge in [-0.05, 0) is 39.2 Å². The highest BCUT2D eigenvalue weighted by atomic mass is 32.2. The predicted octanol–water partition coefficient (Wildman–Crippen LogP) is 1.21. The van der Waals surface area contributed by atoms with Gasteiger partial charge in [-0.3, -0.25) is 0 Å². The average Bonchev–Trinajstić information content (AvgIpc) is 2.55. The van der Waals surface area contributed by atoms with Gasteiger partial charge in [-0.2, -0.15) is 0 Å². The normalized spacial score (nSPS) is 25.3. The molecule has 17 heavy (non-hydrogen) atoms. The van der Waals surface area contributed by atoms with Gasteiger partial charge in [0.1, 0.15) is 0 Å². The quantitative estimate of drug-likeness (QED) is 0.750. The molecule has 1 N–H and O–H groups in total. The molecule has 5 heteroatoms. The van der Waals surface area contributed by atoms with Crippen molar-refractivity contribution in [2.45, 2.75) is 45.8 Å². The molecule has 0 bridgehead atoms. The van der Waals surface area contributed by atoms with E-state index in [0.717, 1.165) is 19.4 Å². The molecule has 0 aromatic heterocycles. The van der Waals surface area contributed by atoms with E-state index >= 15 is 0 Å². The Kier molecular flexibility index (Phi) is 5.89. The van der Waals surface area contributed by atoms with Crippen LogP contribution in [0.1, 0.15) is 33.6 Å². The van der Waals surface area contributed by atoms with Crippen molar-refractivity contribution in [1.29, 1.82) is 0 Å². The largest absolute Gasteiger partial charge is 0.377 e. The van der Waals surface area contributed by atoms with E-state index in [-0.39, 0.29) is 12.1 Å². The highest BCUT2D eigenvalue weighted by Gasteiger charge is 2.29. The Morgan fingerprint density at radius 2 is 2.12 bits per heavy atom. The molecule has 0 aromatic carbocycles. The second-order valence-corrected chi connectivity index (χ2v) is 7.37. The molecule has 1 saturated heterocycles. The zero-order valence-corrected chi connectivity index (χ0v) is 11.9. The standard InChI is InChI=1S/C12H25NO3S/c1-4-13-12(8-16-10(2)3)7-11-5-6-17(14,15)9-11/h10-13H,4-9H2,1-3H3. The van der Waals surface area contributed by atoms with Crippen LogP contribution < -0.4 is 5.32 Å². The van der Waals surface area contributed by atoms with Gasteiger partial charge in [0.25, 0.3) is 0 Å². The minimum atomic E-state index is -2.76. The van der Waals surface area contributed by atoms with E-state index in [4.69, 9.17) is 4.74 Å². The molecule has 0 radical (unpaired) electrons. The van der Waals surface area contributed by atoms with Crippen LogP contribution in [0.4, 0.5) is 0 Å². The molecule has 0 aromatic rings. The smallest absolute Gasteiger partial charge is 0.150 e. The first-order chi connectivity index (χ1) is 7.93. The minimum absolute atomic E-state index is 0.225. The average molecular weight is 263 g/mol. The van der Waals surface area contributed by atoms with Crippen LogP contribution in [-0.4, -0.2) is 45.2 Å². The molecule has 1 fully saturated rings. The van der Waals surface area contributed by atoms with Gasteiger partial charge in [-0.25, -0.2) is 8.42 Å². The Morgan fingerprint density at radius 1 is 1.41 bits per heavy atom. The second-order valence-electron chi connectivity index (χ2n) is 5.14.